The molecule has 0 unspecified atom stereocenters. The summed E-state index contributed by atoms with van der Waals surface area (Å²) in [5.41, 5.74) is 0. The van der Waals surface area contributed by atoms with Gasteiger partial charge in [0.1, 0.15) is 18.2 Å². The Bertz CT molecular complexity index is 646. The number of sulfone groups is 1. The van der Waals surface area contributed by atoms with Gasteiger partial charge >= 0.3 is 0 Å². The lowest BCUT2D eigenvalue weighted by Crippen LogP contribution is -2.57. The minimum atomic E-state index is -3.52. The first-order chi connectivity index (χ1) is 10.8. The maximum absolute atomic E-state index is 12.8. The summed E-state index contributed by atoms with van der Waals surface area (Å²) in [4.78, 5) is 12.4. The van der Waals surface area contributed by atoms with Crippen LogP contribution in [0.2, 0.25) is 0 Å². The highest BCUT2D eigenvalue weighted by molar-refractivity contribution is 7.92. The number of piperidine rings is 1. The molecule has 0 bridgehead atoms. The van der Waals surface area contributed by atoms with Crippen molar-refractivity contribution < 1.29 is 22.3 Å². The van der Waals surface area contributed by atoms with Crippen LogP contribution in [0.25, 0.3) is 0 Å². The van der Waals surface area contributed by atoms with Gasteiger partial charge < -0.3 is 15.4 Å². The normalized spacial score (nSPS) is 16.8. The van der Waals surface area contributed by atoms with Gasteiger partial charge in [-0.2, -0.15) is 0 Å². The first kappa shape index (κ1) is 20.7. The van der Waals surface area contributed by atoms with Crippen LogP contribution in [0.3, 0.4) is 0 Å². The number of benzene rings is 1. The van der Waals surface area contributed by atoms with Crippen LogP contribution in [0.15, 0.2) is 24.3 Å². The fourth-order valence-electron chi connectivity index (χ4n) is 2.62. The van der Waals surface area contributed by atoms with E-state index in [1.54, 1.807) is 0 Å². The first-order valence-electron chi connectivity index (χ1n) is 7.42. The maximum atomic E-state index is 12.8. The standard InChI is InChI=1S/C15H21FN2O4S.ClH/c1-23(20,21)15(6-8-17-9-7-15)14(19)18-10-11-22-13-4-2-12(16)3-5-13;/h2-5,17H,6-11H2,1H3,(H,18,19);1H. The third kappa shape index (κ3) is 4.81. The lowest BCUT2D eigenvalue weighted by molar-refractivity contribution is -0.124. The van der Waals surface area contributed by atoms with Gasteiger partial charge in [0.05, 0.1) is 6.54 Å². The van der Waals surface area contributed by atoms with Gasteiger partial charge in [-0.05, 0) is 50.2 Å². The molecule has 0 spiro atoms. The lowest BCUT2D eigenvalue weighted by Gasteiger charge is -2.34. The Labute approximate surface area is 147 Å². The van der Waals surface area contributed by atoms with Crippen molar-refractivity contribution in [2.75, 3.05) is 32.5 Å². The van der Waals surface area contributed by atoms with E-state index in [4.69, 9.17) is 4.74 Å². The number of hydrogen-bond acceptors (Lipinski definition) is 5. The monoisotopic (exact) mass is 380 g/mol. The predicted molar refractivity (Wildman–Crippen MR) is 91.8 cm³/mol. The third-order valence-electron chi connectivity index (χ3n) is 4.00. The van der Waals surface area contributed by atoms with Crippen LogP contribution < -0.4 is 15.4 Å². The number of amides is 1. The topological polar surface area (TPSA) is 84.5 Å². The van der Waals surface area contributed by atoms with Gasteiger partial charge in [0.2, 0.25) is 5.91 Å². The molecule has 1 aliphatic rings. The van der Waals surface area contributed by atoms with Crippen LogP contribution >= 0.6 is 12.4 Å². The summed E-state index contributed by atoms with van der Waals surface area (Å²) in [6.45, 7) is 1.34. The zero-order chi connectivity index (χ0) is 16.9. The Morgan fingerprint density at radius 2 is 1.88 bits per heavy atom. The molecule has 9 heteroatoms. The van der Waals surface area contributed by atoms with Gasteiger partial charge in [-0.25, -0.2) is 12.8 Å². The summed E-state index contributed by atoms with van der Waals surface area (Å²) < 4.78 is 40.9. The number of rotatable bonds is 6. The molecule has 0 radical (unpaired) electrons. The van der Waals surface area contributed by atoms with E-state index in [0.29, 0.717) is 18.8 Å². The van der Waals surface area contributed by atoms with E-state index in [2.05, 4.69) is 10.6 Å². The van der Waals surface area contributed by atoms with Gasteiger partial charge in [-0.15, -0.1) is 12.4 Å². The van der Waals surface area contributed by atoms with Crippen molar-refractivity contribution in [1.82, 2.24) is 10.6 Å². The van der Waals surface area contributed by atoms with Crippen molar-refractivity contribution in [1.29, 1.82) is 0 Å². The number of carbonyl (C=O) groups excluding carboxylic acids is 1. The summed E-state index contributed by atoms with van der Waals surface area (Å²) in [6, 6.07) is 5.53. The smallest absolute Gasteiger partial charge is 0.241 e. The first-order valence-corrected chi connectivity index (χ1v) is 9.31. The molecule has 6 nitrogen and oxygen atoms in total. The summed E-state index contributed by atoms with van der Waals surface area (Å²) >= 11 is 0. The fraction of sp³-hybridized carbons (Fsp3) is 0.533. The molecule has 2 N–H and O–H groups in total. The highest BCUT2D eigenvalue weighted by Gasteiger charge is 2.48. The minimum absolute atomic E-state index is 0. The second-order valence-electron chi connectivity index (χ2n) is 5.57. The van der Waals surface area contributed by atoms with E-state index in [1.165, 1.54) is 24.3 Å². The molecule has 1 aliphatic heterocycles. The number of hydrogen-bond donors (Lipinski definition) is 2. The van der Waals surface area contributed by atoms with E-state index in [1.807, 2.05) is 0 Å². The molecule has 136 valence electrons. The Hall–Kier alpha value is -1.38. The molecular formula is C15H22ClFN2O4S. The average molecular weight is 381 g/mol. The summed E-state index contributed by atoms with van der Waals surface area (Å²) in [5.74, 6) is -0.351. The second-order valence-corrected chi connectivity index (χ2v) is 7.90. The van der Waals surface area contributed by atoms with Crippen LogP contribution in [-0.4, -0.2) is 51.6 Å². The largest absolute Gasteiger partial charge is 0.492 e. The molecular weight excluding hydrogens is 359 g/mol. The lowest BCUT2D eigenvalue weighted by atomic mass is 9.96. The van der Waals surface area contributed by atoms with Gasteiger partial charge in [0.25, 0.3) is 0 Å². The van der Waals surface area contributed by atoms with E-state index in [-0.39, 0.29) is 44.2 Å². The zero-order valence-electron chi connectivity index (χ0n) is 13.4. The predicted octanol–water partition coefficient (Wildman–Crippen LogP) is 0.909. The summed E-state index contributed by atoms with van der Waals surface area (Å²) in [5, 5.41) is 5.70. The van der Waals surface area contributed by atoms with Crippen LogP contribution in [-0.2, 0) is 14.6 Å². The Kier molecular flexibility index (Phi) is 7.44. The molecule has 1 amide bonds. The van der Waals surface area contributed by atoms with Gasteiger partial charge in [-0.1, -0.05) is 0 Å². The molecule has 2 rings (SSSR count). The van der Waals surface area contributed by atoms with E-state index < -0.39 is 20.5 Å². The number of nitrogens with one attached hydrogen (secondary N) is 2. The Morgan fingerprint density at radius 3 is 2.42 bits per heavy atom. The van der Waals surface area contributed by atoms with Crippen LogP contribution in [0.5, 0.6) is 5.75 Å². The summed E-state index contributed by atoms with van der Waals surface area (Å²) in [6.07, 6.45) is 1.62. The van der Waals surface area contributed by atoms with Crippen molar-refractivity contribution in [3.63, 3.8) is 0 Å². The van der Waals surface area contributed by atoms with Crippen LogP contribution in [0.1, 0.15) is 12.8 Å². The van der Waals surface area contributed by atoms with Gasteiger partial charge in [-0.3, -0.25) is 4.79 Å². The average Bonchev–Trinajstić information content (AvgIpc) is 2.52. The second kappa shape index (κ2) is 8.64. The summed E-state index contributed by atoms with van der Waals surface area (Å²) in [7, 11) is -3.52. The van der Waals surface area contributed by atoms with Crippen molar-refractivity contribution >= 4 is 28.2 Å². The molecule has 1 fully saturated rings. The van der Waals surface area contributed by atoms with E-state index >= 15 is 0 Å². The van der Waals surface area contributed by atoms with Gasteiger partial charge in [0.15, 0.2) is 14.6 Å². The number of carbonyl (C=O) groups is 1. The minimum Gasteiger partial charge on any atom is -0.492 e. The maximum Gasteiger partial charge on any atom is 0.241 e. The van der Waals surface area contributed by atoms with Gasteiger partial charge in [0, 0.05) is 6.26 Å². The number of halogens is 2. The Morgan fingerprint density at radius 1 is 1.29 bits per heavy atom. The molecule has 0 saturated carbocycles. The quantitative estimate of drug-likeness (QED) is 0.716. The SMILES string of the molecule is CS(=O)(=O)C1(C(=O)NCCOc2ccc(F)cc2)CCNCC1.Cl. The molecule has 1 aromatic carbocycles. The molecule has 24 heavy (non-hydrogen) atoms. The molecule has 0 atom stereocenters. The van der Waals surface area contributed by atoms with Crippen molar-refractivity contribution in [2.24, 2.45) is 0 Å². The Balaban J connectivity index is 0.00000288. The third-order valence-corrected chi connectivity index (χ3v) is 6.02. The fourth-order valence-corrected chi connectivity index (χ4v) is 3.98. The number of ether oxygens (including phenoxy) is 1. The highest BCUT2D eigenvalue weighted by Crippen LogP contribution is 2.27. The van der Waals surface area contributed by atoms with Crippen LogP contribution in [0, 0.1) is 5.82 Å². The molecule has 1 aromatic rings. The molecule has 1 saturated heterocycles. The van der Waals surface area contributed by atoms with Crippen LogP contribution in [0.4, 0.5) is 4.39 Å². The molecule has 1 heterocycles. The zero-order valence-corrected chi connectivity index (χ0v) is 15.0. The highest BCUT2D eigenvalue weighted by atomic mass is 35.5. The molecule has 0 aromatic heterocycles. The van der Waals surface area contributed by atoms with Crippen molar-refractivity contribution in [2.45, 2.75) is 17.6 Å². The van der Waals surface area contributed by atoms with E-state index in [9.17, 15) is 17.6 Å². The molecule has 0 aliphatic carbocycles. The van der Waals surface area contributed by atoms with Crippen molar-refractivity contribution in [3.05, 3.63) is 30.1 Å². The van der Waals surface area contributed by atoms with E-state index in [0.717, 1.165) is 6.26 Å². The van der Waals surface area contributed by atoms with Crippen molar-refractivity contribution in [3.8, 4) is 5.75 Å².